The van der Waals surface area contributed by atoms with Crippen LogP contribution in [0.3, 0.4) is 0 Å². The summed E-state index contributed by atoms with van der Waals surface area (Å²) in [5, 5.41) is 4.24. The molecular weight excluding hydrogens is 383 g/mol. The molecule has 0 fully saturated rings. The molecule has 3 rings (SSSR count). The third-order valence-electron chi connectivity index (χ3n) is 4.04. The van der Waals surface area contributed by atoms with Crippen molar-refractivity contribution in [2.24, 2.45) is 0 Å². The Morgan fingerprint density at radius 3 is 2.48 bits per heavy atom. The zero-order valence-corrected chi connectivity index (χ0v) is 15.1. The number of anilines is 1. The second-order valence-electron chi connectivity index (χ2n) is 6.14. The highest BCUT2D eigenvalue weighted by atomic mass is 19.4. The zero-order chi connectivity index (χ0) is 20.9. The molecule has 0 bridgehead atoms. The summed E-state index contributed by atoms with van der Waals surface area (Å²) >= 11 is 0. The molecular formula is C22H16F3NO3. The van der Waals surface area contributed by atoms with E-state index >= 15 is 0 Å². The van der Waals surface area contributed by atoms with E-state index in [1.165, 1.54) is 18.2 Å². The Hall–Kier alpha value is -3.61. The highest BCUT2D eigenvalue weighted by Crippen LogP contribution is 2.30. The van der Waals surface area contributed by atoms with Gasteiger partial charge in [-0.2, -0.15) is 13.2 Å². The molecule has 3 aromatic carbocycles. The van der Waals surface area contributed by atoms with Crippen LogP contribution in [0.1, 0.15) is 11.1 Å². The maximum Gasteiger partial charge on any atom is 0.416 e. The minimum atomic E-state index is -4.51. The van der Waals surface area contributed by atoms with Crippen molar-refractivity contribution in [1.82, 2.24) is 0 Å². The lowest BCUT2D eigenvalue weighted by molar-refractivity contribution is -0.142. The van der Waals surface area contributed by atoms with Crippen LogP contribution in [-0.4, -0.2) is 18.5 Å². The largest absolute Gasteiger partial charge is 0.452 e. The first-order chi connectivity index (χ1) is 13.8. The molecule has 1 N–H and O–H groups in total. The van der Waals surface area contributed by atoms with Gasteiger partial charge in [0.25, 0.3) is 5.91 Å². The van der Waals surface area contributed by atoms with Crippen LogP contribution < -0.4 is 5.32 Å². The highest BCUT2D eigenvalue weighted by molar-refractivity contribution is 5.97. The van der Waals surface area contributed by atoms with Crippen molar-refractivity contribution < 1.29 is 27.5 Å². The third kappa shape index (κ3) is 5.44. The van der Waals surface area contributed by atoms with Crippen LogP contribution in [0.4, 0.5) is 18.9 Å². The first kappa shape index (κ1) is 20.1. The lowest BCUT2D eigenvalue weighted by Gasteiger charge is -2.09. The number of alkyl halides is 3. The molecule has 0 saturated heterocycles. The van der Waals surface area contributed by atoms with Gasteiger partial charge in [0.1, 0.15) is 0 Å². The van der Waals surface area contributed by atoms with Gasteiger partial charge < -0.3 is 10.1 Å². The molecule has 3 aromatic rings. The Bertz CT molecular complexity index is 1070. The van der Waals surface area contributed by atoms with Crippen LogP contribution in [0.2, 0.25) is 0 Å². The van der Waals surface area contributed by atoms with Crippen LogP contribution >= 0.6 is 0 Å². The quantitative estimate of drug-likeness (QED) is 0.482. The van der Waals surface area contributed by atoms with Gasteiger partial charge in [-0.3, -0.25) is 4.79 Å². The predicted molar refractivity (Wildman–Crippen MR) is 104 cm³/mol. The van der Waals surface area contributed by atoms with Crippen molar-refractivity contribution in [3.05, 3.63) is 83.9 Å². The molecule has 0 aromatic heterocycles. The van der Waals surface area contributed by atoms with Gasteiger partial charge >= 0.3 is 12.1 Å². The SMILES string of the molecule is O=C(COC(=O)/C=C/c1cccc2ccccc12)Nc1cccc(C(F)(F)F)c1. The van der Waals surface area contributed by atoms with E-state index in [4.69, 9.17) is 4.74 Å². The fraction of sp³-hybridized carbons (Fsp3) is 0.0909. The van der Waals surface area contributed by atoms with Crippen molar-refractivity contribution in [1.29, 1.82) is 0 Å². The summed E-state index contributed by atoms with van der Waals surface area (Å²) in [7, 11) is 0. The number of fused-ring (bicyclic) bond motifs is 1. The van der Waals surface area contributed by atoms with Gasteiger partial charge in [0.05, 0.1) is 5.56 Å². The second kappa shape index (κ2) is 8.60. The number of esters is 1. The van der Waals surface area contributed by atoms with Gasteiger partial charge in [-0.05, 0) is 40.6 Å². The van der Waals surface area contributed by atoms with Crippen molar-refractivity contribution in [3.8, 4) is 0 Å². The number of carbonyl (C=O) groups excluding carboxylic acids is 2. The number of hydrogen-bond acceptors (Lipinski definition) is 3. The molecule has 0 aliphatic heterocycles. The van der Waals surface area contributed by atoms with Gasteiger partial charge in [-0.1, -0.05) is 48.5 Å². The van der Waals surface area contributed by atoms with Crippen LogP contribution in [0.25, 0.3) is 16.8 Å². The molecule has 0 aliphatic rings. The molecule has 0 aliphatic carbocycles. The van der Waals surface area contributed by atoms with E-state index in [2.05, 4.69) is 5.32 Å². The number of nitrogens with one attached hydrogen (secondary N) is 1. The molecule has 29 heavy (non-hydrogen) atoms. The minimum Gasteiger partial charge on any atom is -0.452 e. The number of carbonyl (C=O) groups is 2. The normalized spacial score (nSPS) is 11.6. The monoisotopic (exact) mass is 399 g/mol. The summed E-state index contributed by atoms with van der Waals surface area (Å²) in [6.45, 7) is -0.616. The number of benzene rings is 3. The Morgan fingerprint density at radius 2 is 1.69 bits per heavy atom. The fourth-order valence-electron chi connectivity index (χ4n) is 2.71. The molecule has 0 atom stereocenters. The Morgan fingerprint density at radius 1 is 0.966 bits per heavy atom. The first-order valence-corrected chi connectivity index (χ1v) is 8.62. The summed E-state index contributed by atoms with van der Waals surface area (Å²) < 4.78 is 42.9. The third-order valence-corrected chi connectivity index (χ3v) is 4.04. The van der Waals surface area contributed by atoms with Gasteiger partial charge in [-0.25, -0.2) is 4.79 Å². The second-order valence-corrected chi connectivity index (χ2v) is 6.14. The fourth-order valence-corrected chi connectivity index (χ4v) is 2.71. The van der Waals surface area contributed by atoms with Crippen LogP contribution in [0.15, 0.2) is 72.8 Å². The molecule has 0 saturated carbocycles. The summed E-state index contributed by atoms with van der Waals surface area (Å²) in [5.41, 5.74) is -0.106. The lowest BCUT2D eigenvalue weighted by Crippen LogP contribution is -2.20. The number of ether oxygens (including phenoxy) is 1. The van der Waals surface area contributed by atoms with Crippen LogP contribution in [-0.2, 0) is 20.5 Å². The summed E-state index contributed by atoms with van der Waals surface area (Å²) in [6.07, 6.45) is -1.74. The first-order valence-electron chi connectivity index (χ1n) is 8.62. The standard InChI is InChI=1S/C22H16F3NO3/c23-22(24,25)17-8-4-9-18(13-17)26-20(27)14-29-21(28)12-11-16-7-3-6-15-5-1-2-10-19(15)16/h1-13H,14H2,(H,26,27)/b12-11+. The Labute approximate surface area is 164 Å². The van der Waals surface area contributed by atoms with E-state index in [9.17, 15) is 22.8 Å². The topological polar surface area (TPSA) is 55.4 Å². The van der Waals surface area contributed by atoms with Gasteiger partial charge in [0.15, 0.2) is 6.61 Å². The van der Waals surface area contributed by atoms with Crippen LogP contribution in [0, 0.1) is 0 Å². The van der Waals surface area contributed by atoms with Crippen molar-refractivity contribution in [3.63, 3.8) is 0 Å². The van der Waals surface area contributed by atoms with E-state index in [1.54, 1.807) is 6.08 Å². The number of halogens is 3. The molecule has 0 unspecified atom stereocenters. The summed E-state index contributed by atoms with van der Waals surface area (Å²) in [4.78, 5) is 23.7. The van der Waals surface area contributed by atoms with Gasteiger partial charge in [0, 0.05) is 11.8 Å². The Kier molecular flexibility index (Phi) is 5.97. The minimum absolute atomic E-state index is 0.0350. The molecule has 0 heterocycles. The number of hydrogen-bond donors (Lipinski definition) is 1. The highest BCUT2D eigenvalue weighted by Gasteiger charge is 2.30. The average molecular weight is 399 g/mol. The smallest absolute Gasteiger partial charge is 0.416 e. The maximum atomic E-state index is 12.7. The van der Waals surface area contributed by atoms with E-state index in [0.29, 0.717) is 0 Å². The van der Waals surface area contributed by atoms with E-state index < -0.39 is 30.2 Å². The van der Waals surface area contributed by atoms with E-state index in [-0.39, 0.29) is 5.69 Å². The van der Waals surface area contributed by atoms with Gasteiger partial charge in [0.2, 0.25) is 0 Å². The van der Waals surface area contributed by atoms with E-state index in [1.807, 2.05) is 42.5 Å². The van der Waals surface area contributed by atoms with Crippen molar-refractivity contribution >= 4 is 34.4 Å². The van der Waals surface area contributed by atoms with Crippen LogP contribution in [0.5, 0.6) is 0 Å². The molecule has 0 radical (unpaired) electrons. The Balaban J connectivity index is 1.56. The van der Waals surface area contributed by atoms with Crippen molar-refractivity contribution in [2.45, 2.75) is 6.18 Å². The average Bonchev–Trinajstić information content (AvgIpc) is 2.70. The molecule has 148 valence electrons. The molecule has 1 amide bonds. The van der Waals surface area contributed by atoms with Gasteiger partial charge in [-0.15, -0.1) is 0 Å². The number of rotatable bonds is 5. The molecule has 4 nitrogen and oxygen atoms in total. The molecule has 7 heteroatoms. The lowest BCUT2D eigenvalue weighted by atomic mass is 10.0. The maximum absolute atomic E-state index is 12.7. The molecule has 0 spiro atoms. The zero-order valence-electron chi connectivity index (χ0n) is 15.1. The number of amides is 1. The summed E-state index contributed by atoms with van der Waals surface area (Å²) in [5.74, 6) is -1.48. The van der Waals surface area contributed by atoms with Crippen molar-refractivity contribution in [2.75, 3.05) is 11.9 Å². The predicted octanol–water partition coefficient (Wildman–Crippen LogP) is 5.05. The van der Waals surface area contributed by atoms with E-state index in [0.717, 1.165) is 28.5 Å². The summed E-state index contributed by atoms with van der Waals surface area (Å²) in [6, 6.07) is 17.5.